The average molecular weight is 230 g/mol. The molecule has 2 rings (SSSR count). The summed E-state index contributed by atoms with van der Waals surface area (Å²) < 4.78 is 12.1. The summed E-state index contributed by atoms with van der Waals surface area (Å²) in [6.07, 6.45) is 0. The Morgan fingerprint density at radius 3 is 3.09 bits per heavy atom. The first-order valence-electron chi connectivity index (χ1n) is 3.02. The van der Waals surface area contributed by atoms with E-state index in [1.807, 2.05) is 18.2 Å². The molecule has 0 saturated heterocycles. The number of hydrogen-bond acceptors (Lipinski definition) is 2. The van der Waals surface area contributed by atoms with Gasteiger partial charge in [0.15, 0.2) is 0 Å². The molecule has 1 aromatic carbocycles. The lowest BCUT2D eigenvalue weighted by Gasteiger charge is -1.94. The molecule has 0 aromatic heterocycles. The first-order chi connectivity index (χ1) is 5.27. The number of benzene rings is 1. The van der Waals surface area contributed by atoms with Gasteiger partial charge >= 0.3 is 0 Å². The predicted octanol–water partition coefficient (Wildman–Crippen LogP) is 2.23. The number of halogens is 1. The third-order valence-corrected chi connectivity index (χ3v) is 2.99. The smallest absolute Gasteiger partial charge is 0.0984 e. The number of rotatable bonds is 0. The van der Waals surface area contributed by atoms with E-state index in [1.165, 1.54) is 5.55 Å². The lowest BCUT2D eigenvalue weighted by atomic mass is 10.3. The maximum atomic E-state index is 11.1. The molecule has 0 fully saturated rings. The van der Waals surface area contributed by atoms with Gasteiger partial charge in [-0.05, 0) is 18.2 Å². The second-order valence-electron chi connectivity index (χ2n) is 2.14. The van der Waals surface area contributed by atoms with Crippen LogP contribution in [0.3, 0.4) is 0 Å². The third-order valence-electron chi connectivity index (χ3n) is 1.43. The monoisotopic (exact) mass is 229 g/mol. The Bertz CT molecular complexity index is 361. The zero-order chi connectivity index (χ0) is 7.84. The van der Waals surface area contributed by atoms with Crippen molar-refractivity contribution in [2.75, 3.05) is 0 Å². The molecule has 1 atom stereocenters. The Labute approximate surface area is 74.9 Å². The molecule has 0 N–H and O–H groups in total. The molecule has 0 spiro atoms. The normalized spacial score (nSPS) is 20.3. The molecule has 2 nitrogen and oxygen atoms in total. The van der Waals surface area contributed by atoms with Crippen molar-refractivity contribution >= 4 is 38.0 Å². The summed E-state index contributed by atoms with van der Waals surface area (Å²) >= 11 is 3.31. The number of aliphatic imine (C=N–C) groups is 1. The molecule has 4 heteroatoms. The minimum Gasteiger partial charge on any atom is -0.248 e. The van der Waals surface area contributed by atoms with Gasteiger partial charge in [0.2, 0.25) is 0 Å². The zero-order valence-corrected chi connectivity index (χ0v) is 7.85. The summed E-state index contributed by atoms with van der Waals surface area (Å²) in [6.45, 7) is 0. The van der Waals surface area contributed by atoms with Crippen LogP contribution < -0.4 is 0 Å². The van der Waals surface area contributed by atoms with E-state index < -0.39 is 10.8 Å². The fourth-order valence-electron chi connectivity index (χ4n) is 0.923. The van der Waals surface area contributed by atoms with Crippen LogP contribution in [0.1, 0.15) is 0 Å². The zero-order valence-electron chi connectivity index (χ0n) is 5.45. The number of nitrogens with zero attached hydrogens (tertiary/aromatic N) is 1. The minimum atomic E-state index is -1.02. The van der Waals surface area contributed by atoms with Gasteiger partial charge in [-0.2, -0.15) is 0 Å². The van der Waals surface area contributed by atoms with Crippen molar-refractivity contribution < 1.29 is 4.21 Å². The van der Waals surface area contributed by atoms with Gasteiger partial charge in [-0.1, -0.05) is 15.9 Å². The lowest BCUT2D eigenvalue weighted by Crippen LogP contribution is -1.83. The highest BCUT2D eigenvalue weighted by Gasteiger charge is 2.12. The van der Waals surface area contributed by atoms with Gasteiger partial charge in [0, 0.05) is 4.47 Å². The summed E-state index contributed by atoms with van der Waals surface area (Å²) in [6, 6.07) is 5.55. The van der Waals surface area contributed by atoms with E-state index in [9.17, 15) is 4.21 Å². The van der Waals surface area contributed by atoms with Crippen LogP contribution in [0, 0.1) is 0 Å². The lowest BCUT2D eigenvalue weighted by molar-refractivity contribution is 0.691. The fourth-order valence-corrected chi connectivity index (χ4v) is 2.11. The highest BCUT2D eigenvalue weighted by molar-refractivity contribution is 9.10. The van der Waals surface area contributed by atoms with E-state index in [1.54, 1.807) is 0 Å². The predicted molar refractivity (Wildman–Crippen MR) is 48.7 cm³/mol. The summed E-state index contributed by atoms with van der Waals surface area (Å²) in [5, 5.41) is 0. The van der Waals surface area contributed by atoms with E-state index in [4.69, 9.17) is 0 Å². The van der Waals surface area contributed by atoms with Crippen LogP contribution in [0.4, 0.5) is 5.69 Å². The summed E-state index contributed by atoms with van der Waals surface area (Å²) in [5.74, 6) is 0. The average Bonchev–Trinajstić information content (AvgIpc) is 2.32. The second-order valence-corrected chi connectivity index (χ2v) is 4.31. The Morgan fingerprint density at radius 2 is 2.27 bits per heavy atom. The number of fused-ring (bicyclic) bond motifs is 1. The molecule has 1 heterocycles. The molecule has 11 heavy (non-hydrogen) atoms. The van der Waals surface area contributed by atoms with Crippen molar-refractivity contribution in [3.8, 4) is 0 Å². The van der Waals surface area contributed by atoms with Gasteiger partial charge in [0.25, 0.3) is 0 Å². The van der Waals surface area contributed by atoms with Crippen LogP contribution in [0.25, 0.3) is 0 Å². The van der Waals surface area contributed by atoms with Crippen molar-refractivity contribution in [3.63, 3.8) is 0 Å². The standard InChI is InChI=1S/C7H4BrNOS/c8-5-1-2-7-6(3-5)9-4-11(7)10/h1-4H. The topological polar surface area (TPSA) is 29.4 Å². The molecule has 1 aliphatic heterocycles. The van der Waals surface area contributed by atoms with Crippen molar-refractivity contribution in [3.05, 3.63) is 22.7 Å². The molecule has 56 valence electrons. The molecule has 0 radical (unpaired) electrons. The molecule has 0 saturated carbocycles. The van der Waals surface area contributed by atoms with Gasteiger partial charge < -0.3 is 0 Å². The fraction of sp³-hybridized carbons (Fsp3) is 0. The van der Waals surface area contributed by atoms with Crippen LogP contribution in [-0.2, 0) is 10.8 Å². The Balaban J connectivity index is 2.66. The van der Waals surface area contributed by atoms with E-state index in [-0.39, 0.29) is 0 Å². The minimum absolute atomic E-state index is 0.799. The molecule has 0 amide bonds. The van der Waals surface area contributed by atoms with Gasteiger partial charge in [0.1, 0.15) is 0 Å². The summed E-state index contributed by atoms with van der Waals surface area (Å²) in [7, 11) is -1.02. The largest absolute Gasteiger partial charge is 0.248 e. The molecular formula is C7H4BrNOS. The summed E-state index contributed by atoms with van der Waals surface area (Å²) in [4.78, 5) is 4.79. The van der Waals surface area contributed by atoms with Gasteiger partial charge in [-0.15, -0.1) is 0 Å². The van der Waals surface area contributed by atoms with E-state index in [2.05, 4.69) is 20.9 Å². The van der Waals surface area contributed by atoms with Gasteiger partial charge in [-0.25, -0.2) is 9.20 Å². The van der Waals surface area contributed by atoms with E-state index >= 15 is 0 Å². The quantitative estimate of drug-likeness (QED) is 0.671. The molecule has 0 bridgehead atoms. The molecular weight excluding hydrogens is 226 g/mol. The second kappa shape index (κ2) is 2.53. The third kappa shape index (κ3) is 1.16. The molecule has 1 aromatic rings. The molecule has 1 unspecified atom stereocenters. The van der Waals surface area contributed by atoms with Crippen molar-refractivity contribution in [1.29, 1.82) is 0 Å². The maximum Gasteiger partial charge on any atom is 0.0984 e. The summed E-state index contributed by atoms with van der Waals surface area (Å²) in [5.41, 5.74) is 2.26. The Morgan fingerprint density at radius 1 is 1.45 bits per heavy atom. The van der Waals surface area contributed by atoms with Crippen LogP contribution in [0.5, 0.6) is 0 Å². The first-order valence-corrected chi connectivity index (χ1v) is 5.02. The Kier molecular flexibility index (Phi) is 1.65. The number of hydrogen-bond donors (Lipinski definition) is 0. The Hall–Kier alpha value is -0.480. The van der Waals surface area contributed by atoms with Crippen LogP contribution >= 0.6 is 15.9 Å². The molecule has 1 aliphatic rings. The first kappa shape index (κ1) is 7.18. The molecule has 0 aliphatic carbocycles. The van der Waals surface area contributed by atoms with Crippen LogP contribution in [0.15, 0.2) is 32.6 Å². The van der Waals surface area contributed by atoms with E-state index in [0.29, 0.717) is 0 Å². The van der Waals surface area contributed by atoms with Crippen molar-refractivity contribution in [1.82, 2.24) is 0 Å². The SMILES string of the molecule is O=S1C=Nc2cc(Br)ccc21. The highest BCUT2D eigenvalue weighted by Crippen LogP contribution is 2.29. The van der Waals surface area contributed by atoms with E-state index in [0.717, 1.165) is 15.1 Å². The highest BCUT2D eigenvalue weighted by atomic mass is 79.9. The van der Waals surface area contributed by atoms with Crippen molar-refractivity contribution in [2.45, 2.75) is 4.90 Å². The maximum absolute atomic E-state index is 11.1. The van der Waals surface area contributed by atoms with Gasteiger partial charge in [-0.3, -0.25) is 0 Å². The van der Waals surface area contributed by atoms with Crippen LogP contribution in [0.2, 0.25) is 0 Å². The van der Waals surface area contributed by atoms with Gasteiger partial charge in [0.05, 0.1) is 26.9 Å². The van der Waals surface area contributed by atoms with Crippen LogP contribution in [-0.4, -0.2) is 9.76 Å². The van der Waals surface area contributed by atoms with Crippen molar-refractivity contribution in [2.24, 2.45) is 4.99 Å².